The first-order valence-electron chi connectivity index (χ1n) is 11.4. The standard InChI is InChI=1S/C24H32N4O8S/c1-6-12-25-24(30)17(2)26(15-18-8-7-9-20(13-18)35-3)23(29)16-27(37(5,33)34)21-14-19(28(31)32)10-11-22(21)36-4/h7-11,13-14,17H,6,12,15-16H2,1-5H3,(H,25,30)/t17-/m0/s1. The number of rotatable bonds is 13. The Hall–Kier alpha value is -3.87. The maximum absolute atomic E-state index is 13.6. The molecule has 0 fully saturated rings. The molecule has 13 heteroatoms. The average Bonchev–Trinajstić information content (AvgIpc) is 2.87. The van der Waals surface area contributed by atoms with Crippen molar-refractivity contribution >= 4 is 33.2 Å². The molecule has 0 saturated carbocycles. The van der Waals surface area contributed by atoms with E-state index in [4.69, 9.17) is 9.47 Å². The van der Waals surface area contributed by atoms with Crippen LogP contribution >= 0.6 is 0 Å². The number of nitrogens with zero attached hydrogens (tertiary/aromatic N) is 3. The van der Waals surface area contributed by atoms with E-state index in [0.717, 1.165) is 16.6 Å². The topological polar surface area (TPSA) is 148 Å². The fourth-order valence-electron chi connectivity index (χ4n) is 3.53. The van der Waals surface area contributed by atoms with Gasteiger partial charge in [0, 0.05) is 25.2 Å². The summed E-state index contributed by atoms with van der Waals surface area (Å²) >= 11 is 0. The summed E-state index contributed by atoms with van der Waals surface area (Å²) in [5.74, 6) is -0.526. The van der Waals surface area contributed by atoms with Gasteiger partial charge >= 0.3 is 0 Å². The fourth-order valence-corrected chi connectivity index (χ4v) is 4.37. The molecule has 0 heterocycles. The number of anilines is 1. The summed E-state index contributed by atoms with van der Waals surface area (Å²) in [7, 11) is -1.32. The molecule has 0 radical (unpaired) electrons. The van der Waals surface area contributed by atoms with Crippen LogP contribution in [-0.4, -0.2) is 69.7 Å². The molecule has 0 spiro atoms. The van der Waals surface area contributed by atoms with Crippen molar-refractivity contribution in [1.82, 2.24) is 10.2 Å². The van der Waals surface area contributed by atoms with Gasteiger partial charge in [-0.15, -0.1) is 0 Å². The van der Waals surface area contributed by atoms with Crippen LogP contribution in [0.1, 0.15) is 25.8 Å². The molecule has 37 heavy (non-hydrogen) atoms. The van der Waals surface area contributed by atoms with Crippen molar-refractivity contribution < 1.29 is 32.4 Å². The second kappa shape index (κ2) is 12.9. The van der Waals surface area contributed by atoms with Gasteiger partial charge in [0.15, 0.2) is 0 Å². The molecule has 0 bridgehead atoms. The predicted octanol–water partition coefficient (Wildman–Crippen LogP) is 2.32. The Morgan fingerprint density at radius 1 is 1.14 bits per heavy atom. The molecule has 1 N–H and O–H groups in total. The van der Waals surface area contributed by atoms with Crippen molar-refractivity contribution in [1.29, 1.82) is 0 Å². The Kier molecular flexibility index (Phi) is 10.2. The number of nitro benzene ring substituents is 1. The maximum Gasteiger partial charge on any atom is 0.271 e. The Labute approximate surface area is 216 Å². The molecule has 12 nitrogen and oxygen atoms in total. The van der Waals surface area contributed by atoms with Crippen LogP contribution < -0.4 is 19.1 Å². The Morgan fingerprint density at radius 2 is 1.84 bits per heavy atom. The lowest BCUT2D eigenvalue weighted by Gasteiger charge is -2.31. The summed E-state index contributed by atoms with van der Waals surface area (Å²) in [5.41, 5.74) is 0.107. The number of non-ortho nitro benzene ring substituents is 1. The molecule has 202 valence electrons. The highest BCUT2D eigenvalue weighted by Gasteiger charge is 2.32. The summed E-state index contributed by atoms with van der Waals surface area (Å²) in [4.78, 5) is 38.3. The summed E-state index contributed by atoms with van der Waals surface area (Å²) in [6.45, 7) is 3.11. The number of benzene rings is 2. The van der Waals surface area contributed by atoms with Gasteiger partial charge in [-0.1, -0.05) is 19.1 Å². The summed E-state index contributed by atoms with van der Waals surface area (Å²) in [6, 6.07) is 9.41. The van der Waals surface area contributed by atoms with Crippen LogP contribution in [0.25, 0.3) is 0 Å². The molecule has 2 aromatic carbocycles. The van der Waals surface area contributed by atoms with E-state index in [9.17, 15) is 28.1 Å². The van der Waals surface area contributed by atoms with E-state index in [2.05, 4.69) is 5.32 Å². The first kappa shape index (κ1) is 29.4. The van der Waals surface area contributed by atoms with Gasteiger partial charge in [-0.2, -0.15) is 0 Å². The van der Waals surface area contributed by atoms with E-state index in [0.29, 0.717) is 24.3 Å². The minimum atomic E-state index is -4.10. The molecule has 0 aliphatic carbocycles. The molecule has 2 amide bonds. The molecule has 0 aromatic heterocycles. The van der Waals surface area contributed by atoms with Gasteiger partial charge in [-0.3, -0.25) is 24.0 Å². The zero-order valence-electron chi connectivity index (χ0n) is 21.5. The third-order valence-corrected chi connectivity index (χ3v) is 6.65. The van der Waals surface area contributed by atoms with Crippen molar-refractivity contribution in [2.75, 3.05) is 37.9 Å². The Balaban J connectivity index is 2.51. The third kappa shape index (κ3) is 7.81. The number of amides is 2. The lowest BCUT2D eigenvalue weighted by Crippen LogP contribution is -2.51. The first-order chi connectivity index (χ1) is 17.4. The van der Waals surface area contributed by atoms with E-state index < -0.39 is 39.3 Å². The average molecular weight is 537 g/mol. The molecule has 0 unspecified atom stereocenters. The number of hydrogen-bond acceptors (Lipinski definition) is 8. The number of methoxy groups -OCH3 is 2. The Bertz CT molecular complexity index is 1240. The molecular weight excluding hydrogens is 504 g/mol. The molecule has 0 saturated heterocycles. The van der Waals surface area contributed by atoms with Gasteiger partial charge in [0.2, 0.25) is 21.8 Å². The second-order valence-corrected chi connectivity index (χ2v) is 10.1. The molecule has 2 rings (SSSR count). The number of carbonyl (C=O) groups is 2. The summed E-state index contributed by atoms with van der Waals surface area (Å²) in [5, 5.41) is 14.1. The van der Waals surface area contributed by atoms with Gasteiger partial charge in [0.25, 0.3) is 5.69 Å². The Morgan fingerprint density at radius 3 is 2.41 bits per heavy atom. The minimum Gasteiger partial charge on any atom is -0.497 e. The number of nitrogens with one attached hydrogen (secondary N) is 1. The summed E-state index contributed by atoms with van der Waals surface area (Å²) in [6.07, 6.45) is 1.57. The van der Waals surface area contributed by atoms with Crippen molar-refractivity contribution in [2.24, 2.45) is 0 Å². The lowest BCUT2D eigenvalue weighted by atomic mass is 10.1. The van der Waals surface area contributed by atoms with E-state index in [-0.39, 0.29) is 23.7 Å². The molecule has 0 aliphatic rings. The van der Waals surface area contributed by atoms with Gasteiger partial charge in [-0.25, -0.2) is 8.42 Å². The van der Waals surface area contributed by atoms with Crippen LogP contribution in [0.2, 0.25) is 0 Å². The molecule has 0 aliphatic heterocycles. The highest BCUT2D eigenvalue weighted by Crippen LogP contribution is 2.34. The predicted molar refractivity (Wildman–Crippen MR) is 138 cm³/mol. The molecule has 2 aromatic rings. The SMILES string of the molecule is CCCNC(=O)[C@H](C)N(Cc1cccc(OC)c1)C(=O)CN(c1cc([N+](=O)[O-])ccc1OC)S(C)(=O)=O. The van der Waals surface area contributed by atoms with Crippen molar-refractivity contribution in [3.8, 4) is 11.5 Å². The van der Waals surface area contributed by atoms with Crippen LogP contribution in [0.3, 0.4) is 0 Å². The summed E-state index contributed by atoms with van der Waals surface area (Å²) < 4.78 is 36.7. The third-order valence-electron chi connectivity index (χ3n) is 5.52. The smallest absolute Gasteiger partial charge is 0.271 e. The number of carbonyl (C=O) groups excluding carboxylic acids is 2. The number of nitro groups is 1. The number of sulfonamides is 1. The zero-order valence-corrected chi connectivity index (χ0v) is 22.3. The normalized spacial score (nSPS) is 11.8. The number of ether oxygens (including phenoxy) is 2. The van der Waals surface area contributed by atoms with E-state index >= 15 is 0 Å². The quantitative estimate of drug-likeness (QED) is 0.303. The number of hydrogen-bond donors (Lipinski definition) is 1. The first-order valence-corrected chi connectivity index (χ1v) is 13.3. The van der Waals surface area contributed by atoms with Crippen LogP contribution in [0.5, 0.6) is 11.5 Å². The monoisotopic (exact) mass is 536 g/mol. The molecular formula is C24H32N4O8S. The van der Waals surface area contributed by atoms with Crippen LogP contribution in [0.15, 0.2) is 42.5 Å². The zero-order chi connectivity index (χ0) is 27.8. The van der Waals surface area contributed by atoms with Crippen molar-refractivity contribution in [2.45, 2.75) is 32.9 Å². The largest absolute Gasteiger partial charge is 0.497 e. The van der Waals surface area contributed by atoms with E-state index in [1.165, 1.54) is 31.3 Å². The van der Waals surface area contributed by atoms with Crippen LogP contribution in [0.4, 0.5) is 11.4 Å². The van der Waals surface area contributed by atoms with Crippen LogP contribution in [-0.2, 0) is 26.2 Å². The lowest BCUT2D eigenvalue weighted by molar-refractivity contribution is -0.384. The van der Waals surface area contributed by atoms with E-state index in [1.807, 2.05) is 6.92 Å². The van der Waals surface area contributed by atoms with Gasteiger partial charge in [0.1, 0.15) is 29.8 Å². The van der Waals surface area contributed by atoms with Gasteiger partial charge in [0.05, 0.1) is 25.4 Å². The van der Waals surface area contributed by atoms with Gasteiger partial charge in [-0.05, 0) is 37.1 Å². The van der Waals surface area contributed by atoms with Crippen LogP contribution in [0, 0.1) is 10.1 Å². The van der Waals surface area contributed by atoms with Crippen molar-refractivity contribution in [3.63, 3.8) is 0 Å². The van der Waals surface area contributed by atoms with Crippen molar-refractivity contribution in [3.05, 3.63) is 58.1 Å². The minimum absolute atomic E-state index is 0.0135. The highest BCUT2D eigenvalue weighted by atomic mass is 32.2. The molecule has 1 atom stereocenters. The maximum atomic E-state index is 13.6. The van der Waals surface area contributed by atoms with E-state index in [1.54, 1.807) is 31.2 Å². The van der Waals surface area contributed by atoms with Gasteiger partial charge < -0.3 is 19.7 Å². The highest BCUT2D eigenvalue weighted by molar-refractivity contribution is 7.92. The second-order valence-electron chi connectivity index (χ2n) is 8.22. The fraction of sp³-hybridized carbons (Fsp3) is 0.417.